The molecule has 1 amide bonds. The van der Waals surface area contributed by atoms with Crippen molar-refractivity contribution in [3.63, 3.8) is 0 Å². The maximum atomic E-state index is 12.9. The molecule has 2 aromatic carbocycles. The number of nitrogens with one attached hydrogen (secondary N) is 1. The second-order valence-corrected chi connectivity index (χ2v) is 8.26. The molecule has 1 saturated heterocycles. The summed E-state index contributed by atoms with van der Waals surface area (Å²) in [5, 5.41) is 0.757. The third-order valence-corrected chi connectivity index (χ3v) is 6.14. The fourth-order valence-electron chi connectivity index (χ4n) is 3.11. The first kappa shape index (κ1) is 17.5. The second-order valence-electron chi connectivity index (χ2n) is 6.61. The highest BCUT2D eigenvalue weighted by Crippen LogP contribution is 2.26. The summed E-state index contributed by atoms with van der Waals surface area (Å²) in [6.07, 6.45) is 2.60. The molecule has 1 N–H and O–H groups in total. The van der Waals surface area contributed by atoms with Crippen LogP contribution in [0.5, 0.6) is 0 Å². The maximum Gasteiger partial charge on any atom is 0.264 e. The van der Waals surface area contributed by atoms with Crippen molar-refractivity contribution in [1.29, 1.82) is 0 Å². The van der Waals surface area contributed by atoms with Gasteiger partial charge in [-0.2, -0.15) is 0 Å². The van der Waals surface area contributed by atoms with E-state index in [4.69, 9.17) is 0 Å². The van der Waals surface area contributed by atoms with Gasteiger partial charge in [0.1, 0.15) is 4.90 Å². The standard InChI is InChI=1S/C20H19N3O3S/c1-14-13-16(20(24)23-11-4-12-23)8-9-17(14)22-27(25,26)18-7-2-5-15-6-3-10-21-19(15)18/h2-3,5-10,13,22H,4,11-12H2,1H3. The third-order valence-electron chi connectivity index (χ3n) is 4.75. The second kappa shape index (κ2) is 6.66. The number of aromatic nitrogens is 1. The van der Waals surface area contributed by atoms with Crippen molar-refractivity contribution in [3.05, 3.63) is 65.9 Å². The van der Waals surface area contributed by atoms with Gasteiger partial charge in [0.25, 0.3) is 15.9 Å². The number of anilines is 1. The molecule has 0 spiro atoms. The molecular weight excluding hydrogens is 362 g/mol. The molecule has 0 unspecified atom stereocenters. The molecule has 0 atom stereocenters. The molecule has 27 heavy (non-hydrogen) atoms. The fourth-order valence-corrected chi connectivity index (χ4v) is 4.42. The lowest BCUT2D eigenvalue weighted by Gasteiger charge is -2.31. The molecule has 2 heterocycles. The van der Waals surface area contributed by atoms with Crippen molar-refractivity contribution in [2.75, 3.05) is 17.8 Å². The minimum Gasteiger partial charge on any atom is -0.339 e. The number of hydrogen-bond donors (Lipinski definition) is 1. The number of fused-ring (bicyclic) bond motifs is 1. The number of hydrogen-bond acceptors (Lipinski definition) is 4. The Kier molecular flexibility index (Phi) is 4.31. The summed E-state index contributed by atoms with van der Waals surface area (Å²) >= 11 is 0. The summed E-state index contributed by atoms with van der Waals surface area (Å²) in [5.74, 6) is -0.0167. The predicted octanol–water partition coefficient (Wildman–Crippen LogP) is 3.19. The van der Waals surface area contributed by atoms with Crippen LogP contribution in [0.15, 0.2) is 59.6 Å². The number of rotatable bonds is 4. The number of para-hydroxylation sites is 1. The number of amides is 1. The van der Waals surface area contributed by atoms with Gasteiger partial charge in [0.15, 0.2) is 0 Å². The molecule has 0 bridgehead atoms. The summed E-state index contributed by atoms with van der Waals surface area (Å²) < 4.78 is 28.5. The van der Waals surface area contributed by atoms with Crippen LogP contribution in [0.2, 0.25) is 0 Å². The van der Waals surface area contributed by atoms with E-state index >= 15 is 0 Å². The van der Waals surface area contributed by atoms with Gasteiger partial charge >= 0.3 is 0 Å². The minimum absolute atomic E-state index is 0.0167. The Bertz CT molecular complexity index is 1130. The van der Waals surface area contributed by atoms with E-state index in [2.05, 4.69) is 9.71 Å². The van der Waals surface area contributed by atoms with Crippen molar-refractivity contribution in [1.82, 2.24) is 9.88 Å². The number of benzene rings is 2. The molecule has 3 aromatic rings. The van der Waals surface area contributed by atoms with Gasteiger partial charge in [-0.3, -0.25) is 14.5 Å². The van der Waals surface area contributed by atoms with E-state index in [0.29, 0.717) is 22.3 Å². The molecule has 1 aliphatic rings. The first-order valence-corrected chi connectivity index (χ1v) is 10.2. The van der Waals surface area contributed by atoms with Crippen molar-refractivity contribution < 1.29 is 13.2 Å². The average Bonchev–Trinajstić information content (AvgIpc) is 2.61. The minimum atomic E-state index is -3.81. The Hall–Kier alpha value is -2.93. The first-order valence-electron chi connectivity index (χ1n) is 8.72. The summed E-state index contributed by atoms with van der Waals surface area (Å²) in [7, 11) is -3.81. The Labute approximate surface area is 157 Å². The number of nitrogens with zero attached hydrogens (tertiary/aromatic N) is 2. The van der Waals surface area contributed by atoms with Crippen molar-refractivity contribution >= 4 is 32.5 Å². The number of aryl methyl sites for hydroxylation is 1. The molecule has 0 radical (unpaired) electrons. The lowest BCUT2D eigenvalue weighted by molar-refractivity contribution is 0.0652. The van der Waals surface area contributed by atoms with Crippen LogP contribution >= 0.6 is 0 Å². The highest BCUT2D eigenvalue weighted by atomic mass is 32.2. The quantitative estimate of drug-likeness (QED) is 0.753. The Morgan fingerprint density at radius 3 is 2.59 bits per heavy atom. The normalized spacial score (nSPS) is 14.0. The predicted molar refractivity (Wildman–Crippen MR) is 104 cm³/mol. The highest BCUT2D eigenvalue weighted by Gasteiger charge is 2.23. The van der Waals surface area contributed by atoms with E-state index < -0.39 is 10.0 Å². The van der Waals surface area contributed by atoms with E-state index in [1.807, 2.05) is 12.1 Å². The fraction of sp³-hybridized carbons (Fsp3) is 0.200. The van der Waals surface area contributed by atoms with Crippen LogP contribution < -0.4 is 4.72 Å². The molecule has 4 rings (SSSR count). The number of likely N-dealkylation sites (tertiary alicyclic amines) is 1. The van der Waals surface area contributed by atoms with Gasteiger partial charge in [0.2, 0.25) is 0 Å². The van der Waals surface area contributed by atoms with Crippen molar-refractivity contribution in [2.24, 2.45) is 0 Å². The van der Waals surface area contributed by atoms with E-state index in [1.54, 1.807) is 48.4 Å². The largest absolute Gasteiger partial charge is 0.339 e. The molecule has 138 valence electrons. The zero-order valence-electron chi connectivity index (χ0n) is 14.8. The average molecular weight is 381 g/mol. The molecule has 0 aliphatic carbocycles. The summed E-state index contributed by atoms with van der Waals surface area (Å²) in [5.41, 5.74) is 2.14. The van der Waals surface area contributed by atoms with E-state index in [0.717, 1.165) is 24.9 Å². The van der Waals surface area contributed by atoms with Gasteiger partial charge in [-0.15, -0.1) is 0 Å². The molecule has 1 aliphatic heterocycles. The number of sulfonamides is 1. The summed E-state index contributed by atoms with van der Waals surface area (Å²) in [4.78, 5) is 18.4. The highest BCUT2D eigenvalue weighted by molar-refractivity contribution is 7.93. The number of carbonyl (C=O) groups is 1. The lowest BCUT2D eigenvalue weighted by atomic mass is 10.1. The smallest absolute Gasteiger partial charge is 0.264 e. The van der Waals surface area contributed by atoms with Crippen LogP contribution in [0, 0.1) is 6.92 Å². The Morgan fingerprint density at radius 1 is 1.11 bits per heavy atom. The molecule has 6 nitrogen and oxygen atoms in total. The van der Waals surface area contributed by atoms with E-state index in [-0.39, 0.29) is 10.8 Å². The van der Waals surface area contributed by atoms with Crippen molar-refractivity contribution in [2.45, 2.75) is 18.2 Å². The molecule has 7 heteroatoms. The zero-order valence-corrected chi connectivity index (χ0v) is 15.7. The number of pyridine rings is 1. The van der Waals surface area contributed by atoms with Crippen molar-refractivity contribution in [3.8, 4) is 0 Å². The first-order chi connectivity index (χ1) is 13.0. The Balaban J connectivity index is 1.65. The number of carbonyl (C=O) groups excluding carboxylic acids is 1. The van der Waals surface area contributed by atoms with Crippen LogP contribution in [-0.4, -0.2) is 37.3 Å². The van der Waals surface area contributed by atoms with E-state index in [9.17, 15) is 13.2 Å². The van der Waals surface area contributed by atoms with Gasteiger partial charge in [0, 0.05) is 30.2 Å². The van der Waals surface area contributed by atoms with Crippen LogP contribution in [0.3, 0.4) is 0 Å². The SMILES string of the molecule is Cc1cc(C(=O)N2CCC2)ccc1NS(=O)(=O)c1cccc2cccnc12. The van der Waals surface area contributed by atoms with Crippen LogP contribution in [0.25, 0.3) is 10.9 Å². The maximum absolute atomic E-state index is 12.9. The van der Waals surface area contributed by atoms with Gasteiger partial charge < -0.3 is 4.90 Å². The lowest BCUT2D eigenvalue weighted by Crippen LogP contribution is -2.42. The third kappa shape index (κ3) is 3.26. The van der Waals surface area contributed by atoms with Gasteiger partial charge in [-0.1, -0.05) is 18.2 Å². The summed E-state index contributed by atoms with van der Waals surface area (Å²) in [6, 6.07) is 13.7. The zero-order chi connectivity index (χ0) is 19.0. The molecular formula is C20H19N3O3S. The molecule has 1 aromatic heterocycles. The van der Waals surface area contributed by atoms with Crippen LogP contribution in [0.1, 0.15) is 22.3 Å². The van der Waals surface area contributed by atoms with Gasteiger partial charge in [-0.05, 0) is 49.2 Å². The topological polar surface area (TPSA) is 79.4 Å². The summed E-state index contributed by atoms with van der Waals surface area (Å²) in [6.45, 7) is 3.34. The Morgan fingerprint density at radius 2 is 1.89 bits per heavy atom. The molecule has 0 saturated carbocycles. The monoisotopic (exact) mass is 381 g/mol. The molecule has 1 fully saturated rings. The van der Waals surface area contributed by atoms with Gasteiger partial charge in [-0.25, -0.2) is 8.42 Å². The van der Waals surface area contributed by atoms with Gasteiger partial charge in [0.05, 0.1) is 11.2 Å². The van der Waals surface area contributed by atoms with Crippen LogP contribution in [-0.2, 0) is 10.0 Å². The van der Waals surface area contributed by atoms with Crippen LogP contribution in [0.4, 0.5) is 5.69 Å². The van der Waals surface area contributed by atoms with E-state index in [1.165, 1.54) is 6.07 Å².